The number of anilines is 3. The summed E-state index contributed by atoms with van der Waals surface area (Å²) in [7, 11) is 0. The van der Waals surface area contributed by atoms with Gasteiger partial charge in [0.25, 0.3) is 0 Å². The second-order valence-corrected chi connectivity index (χ2v) is 3.00. The highest BCUT2D eigenvalue weighted by Crippen LogP contribution is 2.26. The molecule has 0 spiro atoms. The van der Waals surface area contributed by atoms with Gasteiger partial charge in [-0.05, 0) is 19.1 Å². The van der Waals surface area contributed by atoms with E-state index in [1.165, 1.54) is 0 Å². The van der Waals surface area contributed by atoms with Gasteiger partial charge in [0.1, 0.15) is 5.75 Å². The number of nitrogens with zero attached hydrogens (tertiary/aromatic N) is 2. The molecule has 2 rings (SSSR count). The second kappa shape index (κ2) is 4.52. The van der Waals surface area contributed by atoms with Gasteiger partial charge in [0, 0.05) is 0 Å². The van der Waals surface area contributed by atoms with E-state index < -0.39 is 0 Å². The summed E-state index contributed by atoms with van der Waals surface area (Å²) in [6.45, 7) is 2.51. The molecule has 0 aliphatic heterocycles. The van der Waals surface area contributed by atoms with Gasteiger partial charge >= 0.3 is 12.0 Å². The smallest absolute Gasteiger partial charge is 0.321 e. The van der Waals surface area contributed by atoms with E-state index in [-0.39, 0.29) is 12.0 Å². The maximum Gasteiger partial charge on any atom is 0.321 e. The molecular weight excluding hydrogens is 208 g/mol. The van der Waals surface area contributed by atoms with Gasteiger partial charge in [0.2, 0.25) is 0 Å². The van der Waals surface area contributed by atoms with Crippen LogP contribution in [0.1, 0.15) is 6.92 Å². The molecule has 0 fully saturated rings. The first-order chi connectivity index (χ1) is 7.79. The van der Waals surface area contributed by atoms with Crippen molar-refractivity contribution in [3.8, 4) is 5.75 Å². The Bertz CT molecular complexity index is 469. The van der Waals surface area contributed by atoms with Crippen LogP contribution in [0.5, 0.6) is 5.75 Å². The van der Waals surface area contributed by atoms with E-state index >= 15 is 0 Å². The van der Waals surface area contributed by atoms with E-state index in [1.54, 1.807) is 0 Å². The molecule has 0 aliphatic rings. The third-order valence-corrected chi connectivity index (χ3v) is 1.87. The Morgan fingerprint density at radius 3 is 2.88 bits per heavy atom. The van der Waals surface area contributed by atoms with Gasteiger partial charge in [-0.2, -0.15) is 0 Å². The van der Waals surface area contributed by atoms with Crippen molar-refractivity contribution in [3.05, 3.63) is 24.3 Å². The maximum atomic E-state index is 5.43. The van der Waals surface area contributed by atoms with Gasteiger partial charge in [-0.15, -0.1) is 0 Å². The fourth-order valence-corrected chi connectivity index (χ4v) is 1.25. The van der Waals surface area contributed by atoms with Gasteiger partial charge in [-0.3, -0.25) is 0 Å². The number of aromatic nitrogens is 2. The summed E-state index contributed by atoms with van der Waals surface area (Å²) in [4.78, 5) is 0. The summed E-state index contributed by atoms with van der Waals surface area (Å²) in [5, 5.41) is 10.2. The molecule has 3 N–H and O–H groups in total. The van der Waals surface area contributed by atoms with E-state index in [0.29, 0.717) is 6.61 Å². The Hall–Kier alpha value is -2.24. The zero-order valence-corrected chi connectivity index (χ0v) is 8.80. The monoisotopic (exact) mass is 220 g/mol. The van der Waals surface area contributed by atoms with E-state index in [0.717, 1.165) is 11.4 Å². The van der Waals surface area contributed by atoms with Crippen molar-refractivity contribution in [3.63, 3.8) is 0 Å². The highest BCUT2D eigenvalue weighted by atomic mass is 16.5. The molecule has 0 saturated carbocycles. The molecule has 0 amide bonds. The number of nitrogens with one attached hydrogen (secondary N) is 1. The summed E-state index contributed by atoms with van der Waals surface area (Å²) >= 11 is 0. The molecule has 6 nitrogen and oxygen atoms in total. The molecule has 0 unspecified atom stereocenters. The standard InChI is InChI=1S/C10H12N4O2/c1-2-15-8-6-4-3-5-7(8)12-10-14-13-9(11)16-10/h3-6H,2H2,1H3,(H2,11,13)(H,12,14). The summed E-state index contributed by atoms with van der Waals surface area (Å²) in [6, 6.07) is 7.74. The lowest BCUT2D eigenvalue weighted by atomic mass is 10.3. The molecule has 2 aromatic rings. The van der Waals surface area contributed by atoms with Crippen LogP contribution in [0.3, 0.4) is 0 Å². The van der Waals surface area contributed by atoms with Crippen molar-refractivity contribution in [2.75, 3.05) is 17.7 Å². The molecule has 0 radical (unpaired) electrons. The second-order valence-electron chi connectivity index (χ2n) is 3.00. The molecule has 1 aromatic carbocycles. The maximum absolute atomic E-state index is 5.43. The number of hydrogen-bond acceptors (Lipinski definition) is 6. The van der Waals surface area contributed by atoms with Crippen molar-refractivity contribution >= 4 is 17.7 Å². The lowest BCUT2D eigenvalue weighted by Crippen LogP contribution is -1.97. The van der Waals surface area contributed by atoms with Crippen molar-refractivity contribution in [2.24, 2.45) is 0 Å². The molecular formula is C10H12N4O2. The van der Waals surface area contributed by atoms with Crippen molar-refractivity contribution in [1.82, 2.24) is 10.2 Å². The van der Waals surface area contributed by atoms with Crippen LogP contribution in [0.4, 0.5) is 17.7 Å². The minimum absolute atomic E-state index is 0.0244. The van der Waals surface area contributed by atoms with E-state index in [2.05, 4.69) is 15.5 Å². The van der Waals surface area contributed by atoms with Crippen molar-refractivity contribution in [2.45, 2.75) is 6.92 Å². The summed E-state index contributed by atoms with van der Waals surface area (Å²) in [5.41, 5.74) is 6.07. The van der Waals surface area contributed by atoms with Gasteiger partial charge < -0.3 is 20.2 Å². The van der Waals surface area contributed by atoms with Crippen molar-refractivity contribution in [1.29, 1.82) is 0 Å². The number of nitrogen functional groups attached to an aromatic ring is 1. The largest absolute Gasteiger partial charge is 0.492 e. The molecule has 0 atom stereocenters. The topological polar surface area (TPSA) is 86.2 Å². The SMILES string of the molecule is CCOc1ccccc1Nc1nnc(N)o1. The van der Waals surface area contributed by atoms with Crippen LogP contribution >= 0.6 is 0 Å². The van der Waals surface area contributed by atoms with Crippen molar-refractivity contribution < 1.29 is 9.15 Å². The highest BCUT2D eigenvalue weighted by molar-refractivity contribution is 5.61. The van der Waals surface area contributed by atoms with Crippen LogP contribution in [0.2, 0.25) is 0 Å². The number of para-hydroxylation sites is 2. The van der Waals surface area contributed by atoms with Gasteiger partial charge in [-0.1, -0.05) is 22.3 Å². The van der Waals surface area contributed by atoms with Gasteiger partial charge in [-0.25, -0.2) is 0 Å². The molecule has 0 bridgehead atoms. The lowest BCUT2D eigenvalue weighted by Gasteiger charge is -2.08. The van der Waals surface area contributed by atoms with Crippen LogP contribution in [0.25, 0.3) is 0 Å². The van der Waals surface area contributed by atoms with Crippen LogP contribution in [-0.4, -0.2) is 16.8 Å². The Labute approximate surface area is 92.4 Å². The van der Waals surface area contributed by atoms with Crippen LogP contribution in [0, 0.1) is 0 Å². The first kappa shape index (κ1) is 10.3. The van der Waals surface area contributed by atoms with Gasteiger partial charge in [0.05, 0.1) is 12.3 Å². The predicted octanol–water partition coefficient (Wildman–Crippen LogP) is 1.79. The number of hydrogen-bond donors (Lipinski definition) is 2. The quantitative estimate of drug-likeness (QED) is 0.816. The number of nitrogens with two attached hydrogens (primary N) is 1. The Balaban J connectivity index is 2.20. The third kappa shape index (κ3) is 2.22. The van der Waals surface area contributed by atoms with Crippen LogP contribution < -0.4 is 15.8 Å². The first-order valence-electron chi connectivity index (χ1n) is 4.87. The molecule has 6 heteroatoms. The average molecular weight is 220 g/mol. The van der Waals surface area contributed by atoms with Crippen LogP contribution in [-0.2, 0) is 0 Å². The number of ether oxygens (including phenoxy) is 1. The molecule has 16 heavy (non-hydrogen) atoms. The normalized spacial score (nSPS) is 10.1. The molecule has 1 heterocycles. The lowest BCUT2D eigenvalue weighted by molar-refractivity contribution is 0.342. The number of rotatable bonds is 4. The minimum atomic E-state index is 0.0244. The Morgan fingerprint density at radius 2 is 2.19 bits per heavy atom. The van der Waals surface area contributed by atoms with Crippen LogP contribution in [0.15, 0.2) is 28.7 Å². The molecule has 1 aromatic heterocycles. The minimum Gasteiger partial charge on any atom is -0.492 e. The van der Waals surface area contributed by atoms with E-state index in [4.69, 9.17) is 14.9 Å². The number of benzene rings is 1. The zero-order valence-electron chi connectivity index (χ0n) is 8.80. The zero-order chi connectivity index (χ0) is 11.4. The van der Waals surface area contributed by atoms with E-state index in [1.807, 2.05) is 31.2 Å². The van der Waals surface area contributed by atoms with E-state index in [9.17, 15) is 0 Å². The fourth-order valence-electron chi connectivity index (χ4n) is 1.25. The summed E-state index contributed by atoms with van der Waals surface area (Å²) < 4.78 is 10.4. The fraction of sp³-hybridized carbons (Fsp3) is 0.200. The summed E-state index contributed by atoms with van der Waals surface area (Å²) in [6.07, 6.45) is 0. The highest BCUT2D eigenvalue weighted by Gasteiger charge is 2.06. The summed E-state index contributed by atoms with van der Waals surface area (Å²) in [5.74, 6) is 0.724. The first-order valence-corrected chi connectivity index (χ1v) is 4.87. The molecule has 0 saturated heterocycles. The van der Waals surface area contributed by atoms with Gasteiger partial charge in [0.15, 0.2) is 0 Å². The molecule has 0 aliphatic carbocycles. The predicted molar refractivity (Wildman–Crippen MR) is 59.6 cm³/mol. The molecule has 84 valence electrons. The third-order valence-electron chi connectivity index (χ3n) is 1.87. The Morgan fingerprint density at radius 1 is 1.38 bits per heavy atom. The average Bonchev–Trinajstić information content (AvgIpc) is 2.67. The Kier molecular flexibility index (Phi) is 2.90.